The average molecular weight is 535 g/mol. The van der Waals surface area contributed by atoms with Gasteiger partial charge in [-0.1, -0.05) is 91.0 Å². The molecule has 0 atom stereocenters. The predicted molar refractivity (Wildman–Crippen MR) is 164 cm³/mol. The van der Waals surface area contributed by atoms with Crippen molar-refractivity contribution in [3.63, 3.8) is 0 Å². The Morgan fingerprint density at radius 3 is 1.95 bits per heavy atom. The van der Waals surface area contributed by atoms with Gasteiger partial charge in [0.15, 0.2) is 0 Å². The first-order valence-electron chi connectivity index (χ1n) is 13.2. The first kappa shape index (κ1) is 23.0. The summed E-state index contributed by atoms with van der Waals surface area (Å²) in [6.45, 7) is 0. The van der Waals surface area contributed by atoms with E-state index in [9.17, 15) is 8.42 Å². The standard InChI is InChI=1S/C36H22O3S/c37-40(38,27-9-2-1-3-10-27)28-18-16-24-20-26(15-14-25(24)21-28)32-22-34-36(31-13-7-6-12-30(31)32)35-29-11-5-4-8-23(29)17-19-33(35)39-34/h1-22H. The summed E-state index contributed by atoms with van der Waals surface area (Å²) in [6, 6.07) is 43.3. The van der Waals surface area contributed by atoms with Gasteiger partial charge in [-0.3, -0.25) is 0 Å². The molecule has 0 amide bonds. The molecule has 0 aliphatic heterocycles. The van der Waals surface area contributed by atoms with Crippen molar-refractivity contribution in [2.45, 2.75) is 9.79 Å². The number of furan rings is 1. The lowest BCUT2D eigenvalue weighted by atomic mass is 9.93. The Balaban J connectivity index is 1.33. The number of sulfone groups is 1. The topological polar surface area (TPSA) is 47.3 Å². The van der Waals surface area contributed by atoms with E-state index in [4.69, 9.17) is 4.42 Å². The van der Waals surface area contributed by atoms with Crippen LogP contribution in [-0.4, -0.2) is 8.42 Å². The molecule has 0 unspecified atom stereocenters. The van der Waals surface area contributed by atoms with Crippen LogP contribution in [0.25, 0.3) is 65.4 Å². The molecule has 1 aromatic heterocycles. The zero-order valence-corrected chi connectivity index (χ0v) is 22.2. The maximum absolute atomic E-state index is 13.2. The maximum Gasteiger partial charge on any atom is 0.206 e. The number of fused-ring (bicyclic) bond motifs is 8. The summed E-state index contributed by atoms with van der Waals surface area (Å²) in [5.74, 6) is 0. The van der Waals surface area contributed by atoms with E-state index in [1.807, 2.05) is 18.2 Å². The minimum absolute atomic E-state index is 0.292. The Morgan fingerprint density at radius 1 is 0.450 bits per heavy atom. The second-order valence-corrected chi connectivity index (χ2v) is 12.1. The largest absolute Gasteiger partial charge is 0.456 e. The number of rotatable bonds is 3. The van der Waals surface area contributed by atoms with Gasteiger partial charge in [0.2, 0.25) is 9.84 Å². The van der Waals surface area contributed by atoms with Gasteiger partial charge in [0.25, 0.3) is 0 Å². The van der Waals surface area contributed by atoms with Crippen molar-refractivity contribution in [2.24, 2.45) is 0 Å². The number of hydrogen-bond acceptors (Lipinski definition) is 3. The molecule has 8 aromatic rings. The Bertz CT molecular complexity index is 2380. The van der Waals surface area contributed by atoms with Crippen LogP contribution in [-0.2, 0) is 9.84 Å². The van der Waals surface area contributed by atoms with Crippen LogP contribution in [0.15, 0.2) is 148 Å². The highest BCUT2D eigenvalue weighted by Crippen LogP contribution is 2.42. The molecule has 0 saturated heterocycles. The van der Waals surface area contributed by atoms with E-state index >= 15 is 0 Å². The second-order valence-electron chi connectivity index (χ2n) is 10.1. The van der Waals surface area contributed by atoms with E-state index in [1.165, 1.54) is 10.8 Å². The summed E-state index contributed by atoms with van der Waals surface area (Å²) in [5, 5.41) is 8.79. The molecule has 7 aromatic carbocycles. The fourth-order valence-electron chi connectivity index (χ4n) is 5.93. The molecule has 1 heterocycles. The Hall–Kier alpha value is -4.93. The highest BCUT2D eigenvalue weighted by molar-refractivity contribution is 7.91. The smallest absolute Gasteiger partial charge is 0.206 e. The molecule has 4 heteroatoms. The molecular weight excluding hydrogens is 512 g/mol. The van der Waals surface area contributed by atoms with Crippen molar-refractivity contribution in [2.75, 3.05) is 0 Å². The lowest BCUT2D eigenvalue weighted by molar-refractivity contribution is 0.596. The minimum Gasteiger partial charge on any atom is -0.456 e. The van der Waals surface area contributed by atoms with Gasteiger partial charge in [-0.2, -0.15) is 0 Å². The SMILES string of the molecule is O=S(=O)(c1ccccc1)c1ccc2cc(-c3cc4oc5ccc6ccccc6c5c4c4ccccc34)ccc2c1. The molecular formula is C36H22O3S. The van der Waals surface area contributed by atoms with E-state index in [0.29, 0.717) is 9.79 Å². The lowest BCUT2D eigenvalue weighted by Crippen LogP contribution is -2.01. The summed E-state index contributed by atoms with van der Waals surface area (Å²) < 4.78 is 32.8. The molecule has 0 saturated carbocycles. The van der Waals surface area contributed by atoms with Crippen LogP contribution < -0.4 is 0 Å². The highest BCUT2D eigenvalue weighted by atomic mass is 32.2. The summed E-state index contributed by atoms with van der Waals surface area (Å²) in [6.07, 6.45) is 0. The molecule has 0 aliphatic rings. The fraction of sp³-hybridized carbons (Fsp3) is 0. The van der Waals surface area contributed by atoms with Crippen LogP contribution in [0.4, 0.5) is 0 Å². The molecule has 40 heavy (non-hydrogen) atoms. The van der Waals surface area contributed by atoms with Gasteiger partial charge < -0.3 is 4.42 Å². The first-order valence-corrected chi connectivity index (χ1v) is 14.7. The van der Waals surface area contributed by atoms with Crippen molar-refractivity contribution in [1.29, 1.82) is 0 Å². The zero-order valence-electron chi connectivity index (χ0n) is 21.3. The summed E-state index contributed by atoms with van der Waals surface area (Å²) in [5.41, 5.74) is 3.86. The van der Waals surface area contributed by atoms with E-state index in [2.05, 4.69) is 78.9 Å². The molecule has 0 spiro atoms. The van der Waals surface area contributed by atoms with Crippen molar-refractivity contribution < 1.29 is 12.8 Å². The monoisotopic (exact) mass is 534 g/mol. The average Bonchev–Trinajstić information content (AvgIpc) is 3.40. The molecule has 0 radical (unpaired) electrons. The van der Waals surface area contributed by atoms with E-state index in [0.717, 1.165) is 54.6 Å². The third kappa shape index (κ3) is 3.40. The van der Waals surface area contributed by atoms with Gasteiger partial charge in [0, 0.05) is 10.8 Å². The molecule has 3 nitrogen and oxygen atoms in total. The van der Waals surface area contributed by atoms with Crippen LogP contribution in [0.1, 0.15) is 0 Å². The van der Waals surface area contributed by atoms with Crippen molar-refractivity contribution >= 4 is 64.1 Å². The van der Waals surface area contributed by atoms with Crippen LogP contribution in [0.2, 0.25) is 0 Å². The summed E-state index contributed by atoms with van der Waals surface area (Å²) >= 11 is 0. The van der Waals surface area contributed by atoms with Gasteiger partial charge in [-0.05, 0) is 85.9 Å². The van der Waals surface area contributed by atoms with Crippen LogP contribution in [0, 0.1) is 0 Å². The molecule has 0 aliphatic carbocycles. The minimum atomic E-state index is -3.59. The Kier molecular flexibility index (Phi) is 4.91. The zero-order chi connectivity index (χ0) is 26.8. The molecule has 8 rings (SSSR count). The van der Waals surface area contributed by atoms with Gasteiger partial charge >= 0.3 is 0 Å². The third-order valence-corrected chi connectivity index (χ3v) is 9.62. The Morgan fingerprint density at radius 2 is 1.10 bits per heavy atom. The van der Waals surface area contributed by atoms with Gasteiger partial charge in [-0.15, -0.1) is 0 Å². The molecule has 190 valence electrons. The van der Waals surface area contributed by atoms with Crippen LogP contribution in [0.5, 0.6) is 0 Å². The van der Waals surface area contributed by atoms with Crippen molar-refractivity contribution in [3.8, 4) is 11.1 Å². The number of benzene rings is 7. The van der Waals surface area contributed by atoms with Crippen LogP contribution >= 0.6 is 0 Å². The molecule has 0 bridgehead atoms. The number of hydrogen-bond donors (Lipinski definition) is 0. The predicted octanol–water partition coefficient (Wildman–Crippen LogP) is 9.55. The molecule has 0 fully saturated rings. The van der Waals surface area contributed by atoms with Crippen molar-refractivity contribution in [1.82, 2.24) is 0 Å². The van der Waals surface area contributed by atoms with Crippen LogP contribution in [0.3, 0.4) is 0 Å². The lowest BCUT2D eigenvalue weighted by Gasteiger charge is -2.11. The van der Waals surface area contributed by atoms with E-state index in [-0.39, 0.29) is 0 Å². The second kappa shape index (κ2) is 8.54. The van der Waals surface area contributed by atoms with Gasteiger partial charge in [0.05, 0.1) is 9.79 Å². The van der Waals surface area contributed by atoms with E-state index < -0.39 is 9.84 Å². The summed E-state index contributed by atoms with van der Waals surface area (Å²) in [4.78, 5) is 0.588. The van der Waals surface area contributed by atoms with E-state index in [1.54, 1.807) is 36.4 Å². The van der Waals surface area contributed by atoms with Crippen molar-refractivity contribution in [3.05, 3.63) is 133 Å². The van der Waals surface area contributed by atoms with Gasteiger partial charge in [-0.25, -0.2) is 8.42 Å². The third-order valence-electron chi connectivity index (χ3n) is 7.86. The highest BCUT2D eigenvalue weighted by Gasteiger charge is 2.19. The normalized spacial score (nSPS) is 12.2. The maximum atomic E-state index is 13.2. The summed E-state index contributed by atoms with van der Waals surface area (Å²) in [7, 11) is -3.59. The van der Waals surface area contributed by atoms with Gasteiger partial charge in [0.1, 0.15) is 11.2 Å². The fourth-order valence-corrected chi connectivity index (χ4v) is 7.25. The quantitative estimate of drug-likeness (QED) is 0.227. The first-order chi connectivity index (χ1) is 19.6. The molecule has 0 N–H and O–H groups in total. The Labute approximate surface area is 230 Å².